The third-order valence-corrected chi connectivity index (χ3v) is 3.51. The van der Waals surface area contributed by atoms with E-state index in [-0.39, 0.29) is 5.91 Å². The van der Waals surface area contributed by atoms with E-state index in [1.807, 2.05) is 0 Å². The molecule has 0 radical (unpaired) electrons. The highest BCUT2D eigenvalue weighted by Crippen LogP contribution is 2.27. The zero-order valence-electron chi connectivity index (χ0n) is 10.3. The molecule has 0 bridgehead atoms. The van der Waals surface area contributed by atoms with E-state index in [1.165, 1.54) is 0 Å². The van der Waals surface area contributed by atoms with E-state index in [0.29, 0.717) is 16.5 Å². The minimum absolute atomic E-state index is 0.230. The molecule has 0 fully saturated rings. The van der Waals surface area contributed by atoms with Crippen molar-refractivity contribution >= 4 is 23.4 Å². The standard InChI is InChI=1S/C14H13ClN2O2/c15-10-5-3-4-9(8-10)13(18)16-14-11-6-1-2-7-12(11)17-19-14/h3-5,8H,1-2,6-7H2,(H,16,18). The van der Waals surface area contributed by atoms with E-state index < -0.39 is 0 Å². The minimum Gasteiger partial charge on any atom is -0.338 e. The van der Waals surface area contributed by atoms with E-state index in [4.69, 9.17) is 16.1 Å². The lowest BCUT2D eigenvalue weighted by molar-refractivity contribution is 0.102. The third kappa shape index (κ3) is 2.49. The maximum absolute atomic E-state index is 12.1. The highest BCUT2D eigenvalue weighted by atomic mass is 35.5. The average Bonchev–Trinajstić information content (AvgIpc) is 2.82. The van der Waals surface area contributed by atoms with Crippen LogP contribution in [0.1, 0.15) is 34.5 Å². The van der Waals surface area contributed by atoms with Gasteiger partial charge in [-0.15, -0.1) is 0 Å². The van der Waals surface area contributed by atoms with Gasteiger partial charge in [-0.3, -0.25) is 10.1 Å². The number of fused-ring (bicyclic) bond motifs is 1. The topological polar surface area (TPSA) is 55.1 Å². The number of aryl methyl sites for hydroxylation is 1. The molecule has 0 spiro atoms. The summed E-state index contributed by atoms with van der Waals surface area (Å²) in [6.07, 6.45) is 4.06. The van der Waals surface area contributed by atoms with Gasteiger partial charge in [0.05, 0.1) is 5.69 Å². The molecule has 0 unspecified atom stereocenters. The van der Waals surface area contributed by atoms with E-state index >= 15 is 0 Å². The summed E-state index contributed by atoms with van der Waals surface area (Å²) >= 11 is 5.87. The molecule has 1 aliphatic carbocycles. The highest BCUT2D eigenvalue weighted by molar-refractivity contribution is 6.31. The average molecular weight is 277 g/mol. The fourth-order valence-corrected chi connectivity index (χ4v) is 2.48. The summed E-state index contributed by atoms with van der Waals surface area (Å²) in [6, 6.07) is 6.81. The molecule has 3 rings (SSSR count). The molecular weight excluding hydrogens is 264 g/mol. The molecule has 1 N–H and O–H groups in total. The second-order valence-electron chi connectivity index (χ2n) is 4.61. The molecule has 1 aromatic carbocycles. The van der Waals surface area contributed by atoms with Gasteiger partial charge in [0.1, 0.15) is 0 Å². The van der Waals surface area contributed by atoms with Crippen LogP contribution in [0, 0.1) is 0 Å². The second-order valence-corrected chi connectivity index (χ2v) is 5.04. The van der Waals surface area contributed by atoms with E-state index in [0.717, 1.165) is 36.9 Å². The van der Waals surface area contributed by atoms with Crippen molar-refractivity contribution in [3.63, 3.8) is 0 Å². The van der Waals surface area contributed by atoms with Gasteiger partial charge in [-0.2, -0.15) is 0 Å². The van der Waals surface area contributed by atoms with Gasteiger partial charge in [0.15, 0.2) is 0 Å². The van der Waals surface area contributed by atoms with Crippen LogP contribution < -0.4 is 5.32 Å². The van der Waals surface area contributed by atoms with Crippen LogP contribution in [0.25, 0.3) is 0 Å². The van der Waals surface area contributed by atoms with Crippen LogP contribution >= 0.6 is 11.6 Å². The predicted octanol–water partition coefficient (Wildman–Crippen LogP) is 3.46. The second kappa shape index (κ2) is 5.05. The smallest absolute Gasteiger partial charge is 0.258 e. The van der Waals surface area contributed by atoms with Crippen molar-refractivity contribution in [3.8, 4) is 0 Å². The van der Waals surface area contributed by atoms with Crippen LogP contribution in [-0.4, -0.2) is 11.1 Å². The SMILES string of the molecule is O=C(Nc1onc2c1CCCC2)c1cccc(Cl)c1. The summed E-state index contributed by atoms with van der Waals surface area (Å²) in [5.41, 5.74) is 2.50. The first kappa shape index (κ1) is 12.2. The van der Waals surface area contributed by atoms with Crippen molar-refractivity contribution in [3.05, 3.63) is 46.1 Å². The number of aromatic nitrogens is 1. The Bertz CT molecular complexity index is 622. The normalized spacial score (nSPS) is 13.9. The van der Waals surface area contributed by atoms with Crippen LogP contribution in [0.2, 0.25) is 5.02 Å². The van der Waals surface area contributed by atoms with Crippen LogP contribution in [0.3, 0.4) is 0 Å². The highest BCUT2D eigenvalue weighted by Gasteiger charge is 2.21. The monoisotopic (exact) mass is 276 g/mol. The first-order valence-electron chi connectivity index (χ1n) is 6.28. The number of nitrogens with zero attached hydrogens (tertiary/aromatic N) is 1. The molecule has 0 aliphatic heterocycles. The maximum atomic E-state index is 12.1. The number of carbonyl (C=O) groups excluding carboxylic acids is 1. The van der Waals surface area contributed by atoms with Gasteiger partial charge in [-0.25, -0.2) is 0 Å². The van der Waals surface area contributed by atoms with Crippen molar-refractivity contribution < 1.29 is 9.32 Å². The number of benzene rings is 1. The Hall–Kier alpha value is -1.81. The molecule has 1 aliphatic rings. The Morgan fingerprint density at radius 1 is 1.32 bits per heavy atom. The van der Waals surface area contributed by atoms with Crippen molar-refractivity contribution in [1.82, 2.24) is 5.16 Å². The largest absolute Gasteiger partial charge is 0.338 e. The zero-order valence-corrected chi connectivity index (χ0v) is 11.0. The van der Waals surface area contributed by atoms with E-state index in [1.54, 1.807) is 24.3 Å². The molecule has 5 heteroatoms. The molecule has 4 nitrogen and oxygen atoms in total. The van der Waals surface area contributed by atoms with Gasteiger partial charge >= 0.3 is 0 Å². The fraction of sp³-hybridized carbons (Fsp3) is 0.286. The number of hydrogen-bond donors (Lipinski definition) is 1. The number of halogens is 1. The summed E-state index contributed by atoms with van der Waals surface area (Å²) in [5.74, 6) is 0.242. The summed E-state index contributed by atoms with van der Waals surface area (Å²) < 4.78 is 5.23. The molecule has 1 heterocycles. The van der Waals surface area contributed by atoms with Crippen LogP contribution in [0.15, 0.2) is 28.8 Å². The van der Waals surface area contributed by atoms with Gasteiger partial charge in [0.25, 0.3) is 5.91 Å². The fourth-order valence-electron chi connectivity index (χ4n) is 2.29. The van der Waals surface area contributed by atoms with Crippen LogP contribution in [0.4, 0.5) is 5.88 Å². The Kier molecular flexibility index (Phi) is 3.25. The maximum Gasteiger partial charge on any atom is 0.258 e. The van der Waals surface area contributed by atoms with Crippen LogP contribution in [-0.2, 0) is 12.8 Å². The van der Waals surface area contributed by atoms with Crippen molar-refractivity contribution in [1.29, 1.82) is 0 Å². The Morgan fingerprint density at radius 2 is 2.16 bits per heavy atom. The molecule has 0 saturated heterocycles. The van der Waals surface area contributed by atoms with Gasteiger partial charge in [0, 0.05) is 16.1 Å². The molecule has 2 aromatic rings. The summed E-state index contributed by atoms with van der Waals surface area (Å²) in [7, 11) is 0. The predicted molar refractivity (Wildman–Crippen MR) is 72.6 cm³/mol. The lowest BCUT2D eigenvalue weighted by Crippen LogP contribution is -2.13. The van der Waals surface area contributed by atoms with Gasteiger partial charge < -0.3 is 4.52 Å². The molecule has 1 amide bonds. The Morgan fingerprint density at radius 3 is 3.00 bits per heavy atom. The number of carbonyl (C=O) groups is 1. The molecule has 0 atom stereocenters. The molecule has 1 aromatic heterocycles. The quantitative estimate of drug-likeness (QED) is 0.914. The van der Waals surface area contributed by atoms with Crippen molar-refractivity contribution in [2.75, 3.05) is 5.32 Å². The van der Waals surface area contributed by atoms with Crippen LogP contribution in [0.5, 0.6) is 0 Å². The number of amides is 1. The van der Waals surface area contributed by atoms with Gasteiger partial charge in [-0.05, 0) is 43.9 Å². The van der Waals surface area contributed by atoms with E-state index in [9.17, 15) is 4.79 Å². The summed E-state index contributed by atoms with van der Waals surface area (Å²) in [4.78, 5) is 12.1. The molecule has 98 valence electrons. The molecular formula is C14H13ClN2O2. The Balaban J connectivity index is 1.82. The third-order valence-electron chi connectivity index (χ3n) is 3.27. The summed E-state index contributed by atoms with van der Waals surface area (Å²) in [5, 5.41) is 7.31. The number of nitrogens with one attached hydrogen (secondary N) is 1. The van der Waals surface area contributed by atoms with Gasteiger partial charge in [0.2, 0.25) is 5.88 Å². The molecule has 0 saturated carbocycles. The number of anilines is 1. The van der Waals surface area contributed by atoms with Crippen molar-refractivity contribution in [2.24, 2.45) is 0 Å². The zero-order chi connectivity index (χ0) is 13.2. The Labute approximate surface area is 115 Å². The lowest BCUT2D eigenvalue weighted by atomic mass is 9.97. The number of hydrogen-bond acceptors (Lipinski definition) is 3. The van der Waals surface area contributed by atoms with E-state index in [2.05, 4.69) is 10.5 Å². The molecule has 19 heavy (non-hydrogen) atoms. The van der Waals surface area contributed by atoms with Gasteiger partial charge in [-0.1, -0.05) is 22.8 Å². The minimum atomic E-state index is -0.230. The lowest BCUT2D eigenvalue weighted by Gasteiger charge is -2.09. The first-order valence-corrected chi connectivity index (χ1v) is 6.66. The number of rotatable bonds is 2. The van der Waals surface area contributed by atoms with Crippen molar-refractivity contribution in [2.45, 2.75) is 25.7 Å². The summed E-state index contributed by atoms with van der Waals surface area (Å²) in [6.45, 7) is 0. The first-order chi connectivity index (χ1) is 9.24.